The summed E-state index contributed by atoms with van der Waals surface area (Å²) >= 11 is 0. The lowest BCUT2D eigenvalue weighted by atomic mass is 10.1. The van der Waals surface area contributed by atoms with Crippen molar-refractivity contribution in [1.82, 2.24) is 10.3 Å². The highest BCUT2D eigenvalue weighted by Gasteiger charge is 2.03. The maximum atomic E-state index is 5.32. The Bertz CT molecular complexity index is 431. The van der Waals surface area contributed by atoms with Crippen molar-refractivity contribution in [3.63, 3.8) is 0 Å². The van der Waals surface area contributed by atoms with E-state index in [2.05, 4.69) is 22.4 Å². The molecule has 2 aromatic rings. The molecule has 0 spiro atoms. The van der Waals surface area contributed by atoms with Crippen molar-refractivity contribution in [2.75, 3.05) is 7.05 Å². The van der Waals surface area contributed by atoms with Crippen molar-refractivity contribution in [2.45, 2.75) is 13.5 Å². The number of nitrogens with zero attached hydrogens (tertiary/aromatic N) is 1. The fourth-order valence-electron chi connectivity index (χ4n) is 1.46. The zero-order valence-electron chi connectivity index (χ0n) is 8.95. The molecule has 0 amide bonds. The molecule has 0 aliphatic heterocycles. The summed E-state index contributed by atoms with van der Waals surface area (Å²) in [5.41, 5.74) is 3.18. The van der Waals surface area contributed by atoms with E-state index in [0.29, 0.717) is 5.89 Å². The Labute approximate surface area is 89.1 Å². The van der Waals surface area contributed by atoms with Gasteiger partial charge in [0.15, 0.2) is 0 Å². The van der Waals surface area contributed by atoms with Crippen LogP contribution in [0.4, 0.5) is 0 Å². The number of benzene rings is 1. The fraction of sp³-hybridized carbons (Fsp3) is 0.250. The van der Waals surface area contributed by atoms with Gasteiger partial charge in [0.25, 0.3) is 0 Å². The normalized spacial score (nSPS) is 10.5. The van der Waals surface area contributed by atoms with E-state index in [4.69, 9.17) is 4.42 Å². The first kappa shape index (κ1) is 9.93. The van der Waals surface area contributed by atoms with E-state index in [0.717, 1.165) is 17.8 Å². The van der Waals surface area contributed by atoms with Crippen molar-refractivity contribution >= 4 is 0 Å². The predicted octanol–water partition coefficient (Wildman–Crippen LogP) is 2.37. The van der Waals surface area contributed by atoms with Gasteiger partial charge in [0.05, 0.1) is 5.69 Å². The summed E-state index contributed by atoms with van der Waals surface area (Å²) in [7, 11) is 1.94. The van der Waals surface area contributed by atoms with Gasteiger partial charge in [-0.25, -0.2) is 4.98 Å². The lowest BCUT2D eigenvalue weighted by Gasteiger charge is -2.00. The van der Waals surface area contributed by atoms with Crippen LogP contribution in [-0.4, -0.2) is 12.0 Å². The Morgan fingerprint density at radius 3 is 2.53 bits per heavy atom. The lowest BCUT2D eigenvalue weighted by Crippen LogP contribution is -2.04. The van der Waals surface area contributed by atoms with Gasteiger partial charge in [-0.15, -0.1) is 0 Å². The Balaban J connectivity index is 2.23. The molecule has 0 saturated carbocycles. The summed E-state index contributed by atoms with van der Waals surface area (Å²) in [6, 6.07) is 8.20. The minimum atomic E-state index is 0.684. The molecule has 1 heterocycles. The first-order valence-corrected chi connectivity index (χ1v) is 4.95. The zero-order chi connectivity index (χ0) is 10.7. The second kappa shape index (κ2) is 4.28. The van der Waals surface area contributed by atoms with Gasteiger partial charge in [-0.1, -0.05) is 12.1 Å². The molecule has 15 heavy (non-hydrogen) atoms. The number of rotatable bonds is 3. The average Bonchev–Trinajstić information content (AvgIpc) is 2.67. The number of aryl methyl sites for hydroxylation is 1. The lowest BCUT2D eigenvalue weighted by molar-refractivity contribution is 0.573. The van der Waals surface area contributed by atoms with Crippen molar-refractivity contribution in [1.29, 1.82) is 0 Å². The van der Waals surface area contributed by atoms with Gasteiger partial charge in [0, 0.05) is 12.1 Å². The highest BCUT2D eigenvalue weighted by molar-refractivity contribution is 5.53. The van der Waals surface area contributed by atoms with E-state index < -0.39 is 0 Å². The van der Waals surface area contributed by atoms with Gasteiger partial charge in [0.2, 0.25) is 5.89 Å². The van der Waals surface area contributed by atoms with Crippen molar-refractivity contribution in [2.24, 2.45) is 0 Å². The SMILES string of the molecule is CNCc1ccc(-c2nc(C)co2)cc1. The highest BCUT2D eigenvalue weighted by atomic mass is 16.3. The summed E-state index contributed by atoms with van der Waals surface area (Å²) in [6.45, 7) is 2.80. The largest absolute Gasteiger partial charge is 0.444 e. The molecule has 0 atom stereocenters. The average molecular weight is 202 g/mol. The monoisotopic (exact) mass is 202 g/mol. The van der Waals surface area contributed by atoms with Crippen LogP contribution in [0.2, 0.25) is 0 Å². The predicted molar refractivity (Wildman–Crippen MR) is 59.4 cm³/mol. The molecular formula is C12H14N2O. The van der Waals surface area contributed by atoms with Gasteiger partial charge in [-0.05, 0) is 31.7 Å². The van der Waals surface area contributed by atoms with Gasteiger partial charge in [-0.3, -0.25) is 0 Å². The number of hydrogen-bond donors (Lipinski definition) is 1. The Kier molecular flexibility index (Phi) is 2.83. The van der Waals surface area contributed by atoms with E-state index in [1.54, 1.807) is 6.26 Å². The number of aromatic nitrogens is 1. The summed E-state index contributed by atoms with van der Waals surface area (Å²) < 4.78 is 5.32. The molecule has 0 saturated heterocycles. The van der Waals surface area contributed by atoms with Crippen LogP contribution in [0.25, 0.3) is 11.5 Å². The molecule has 1 aromatic heterocycles. The minimum Gasteiger partial charge on any atom is -0.444 e. The Morgan fingerprint density at radius 1 is 1.27 bits per heavy atom. The molecular weight excluding hydrogens is 188 g/mol. The van der Waals surface area contributed by atoms with Crippen molar-refractivity contribution in [3.8, 4) is 11.5 Å². The molecule has 2 rings (SSSR count). The van der Waals surface area contributed by atoms with E-state index >= 15 is 0 Å². The van der Waals surface area contributed by atoms with Crippen LogP contribution >= 0.6 is 0 Å². The second-order valence-corrected chi connectivity index (χ2v) is 3.52. The summed E-state index contributed by atoms with van der Waals surface area (Å²) in [5.74, 6) is 0.684. The van der Waals surface area contributed by atoms with Crippen LogP contribution in [0.1, 0.15) is 11.3 Å². The van der Waals surface area contributed by atoms with E-state index in [1.165, 1.54) is 5.56 Å². The molecule has 0 unspecified atom stereocenters. The Hall–Kier alpha value is -1.61. The highest BCUT2D eigenvalue weighted by Crippen LogP contribution is 2.18. The quantitative estimate of drug-likeness (QED) is 0.830. The third-order valence-electron chi connectivity index (χ3n) is 2.20. The maximum Gasteiger partial charge on any atom is 0.226 e. The van der Waals surface area contributed by atoms with E-state index in [9.17, 15) is 0 Å². The van der Waals surface area contributed by atoms with Crippen LogP contribution < -0.4 is 5.32 Å². The van der Waals surface area contributed by atoms with Gasteiger partial charge in [0.1, 0.15) is 6.26 Å². The molecule has 0 fully saturated rings. The van der Waals surface area contributed by atoms with E-state index in [-0.39, 0.29) is 0 Å². The van der Waals surface area contributed by atoms with Gasteiger partial charge < -0.3 is 9.73 Å². The molecule has 0 radical (unpaired) electrons. The van der Waals surface area contributed by atoms with Crippen LogP contribution in [0.5, 0.6) is 0 Å². The second-order valence-electron chi connectivity index (χ2n) is 3.52. The van der Waals surface area contributed by atoms with Crippen LogP contribution in [-0.2, 0) is 6.54 Å². The Morgan fingerprint density at radius 2 is 2.00 bits per heavy atom. The minimum absolute atomic E-state index is 0.684. The smallest absolute Gasteiger partial charge is 0.226 e. The molecule has 1 N–H and O–H groups in total. The summed E-state index contributed by atoms with van der Waals surface area (Å²) in [6.07, 6.45) is 1.66. The van der Waals surface area contributed by atoms with E-state index in [1.807, 2.05) is 26.1 Å². The topological polar surface area (TPSA) is 38.1 Å². The molecule has 78 valence electrons. The standard InChI is InChI=1S/C12H14N2O/c1-9-8-15-12(14-9)11-5-3-10(4-6-11)7-13-2/h3-6,8,13H,7H2,1-2H3. The number of nitrogens with one attached hydrogen (secondary N) is 1. The molecule has 0 aliphatic carbocycles. The third-order valence-corrected chi connectivity index (χ3v) is 2.20. The number of hydrogen-bond acceptors (Lipinski definition) is 3. The van der Waals surface area contributed by atoms with Crippen LogP contribution in [0.3, 0.4) is 0 Å². The first-order valence-electron chi connectivity index (χ1n) is 4.95. The molecule has 3 heteroatoms. The fourth-order valence-corrected chi connectivity index (χ4v) is 1.46. The zero-order valence-corrected chi connectivity index (χ0v) is 8.95. The van der Waals surface area contributed by atoms with Crippen molar-refractivity contribution < 1.29 is 4.42 Å². The number of oxazole rings is 1. The van der Waals surface area contributed by atoms with Gasteiger partial charge >= 0.3 is 0 Å². The van der Waals surface area contributed by atoms with Gasteiger partial charge in [-0.2, -0.15) is 0 Å². The molecule has 0 aliphatic rings. The summed E-state index contributed by atoms with van der Waals surface area (Å²) in [4.78, 5) is 4.27. The maximum absolute atomic E-state index is 5.32. The summed E-state index contributed by atoms with van der Waals surface area (Å²) in [5, 5.41) is 3.11. The van der Waals surface area contributed by atoms with Crippen molar-refractivity contribution in [3.05, 3.63) is 41.8 Å². The molecule has 0 bridgehead atoms. The molecule has 3 nitrogen and oxygen atoms in total. The first-order chi connectivity index (χ1) is 7.29. The third kappa shape index (κ3) is 2.25. The molecule has 1 aromatic carbocycles. The van der Waals surface area contributed by atoms with Crippen LogP contribution in [0.15, 0.2) is 34.9 Å². The van der Waals surface area contributed by atoms with Crippen LogP contribution in [0, 0.1) is 6.92 Å².